The fourth-order valence-electron chi connectivity index (χ4n) is 2.74. The van der Waals surface area contributed by atoms with Gasteiger partial charge in [0.05, 0.1) is 0 Å². The van der Waals surface area contributed by atoms with Gasteiger partial charge in [0.2, 0.25) is 0 Å². The second kappa shape index (κ2) is 8.22. The summed E-state index contributed by atoms with van der Waals surface area (Å²) in [7, 11) is 0. The first-order valence-electron chi connectivity index (χ1n) is 8.22. The van der Waals surface area contributed by atoms with Crippen LogP contribution in [0.15, 0.2) is 12.1 Å². The van der Waals surface area contributed by atoms with E-state index in [4.69, 9.17) is 0 Å². The van der Waals surface area contributed by atoms with Gasteiger partial charge >= 0.3 is 0 Å². The molecule has 1 heteroatoms. The minimum Gasteiger partial charge on any atom is -0.0876 e. The number of rotatable bonds is 7. The molecule has 0 aliphatic carbocycles. The van der Waals surface area contributed by atoms with E-state index in [0.717, 1.165) is 5.33 Å². The highest BCUT2D eigenvalue weighted by Gasteiger charge is 2.18. The van der Waals surface area contributed by atoms with Crippen LogP contribution in [-0.4, -0.2) is 0 Å². The Balaban J connectivity index is 3.46. The van der Waals surface area contributed by atoms with Crippen molar-refractivity contribution in [2.24, 2.45) is 0 Å². The van der Waals surface area contributed by atoms with E-state index in [1.165, 1.54) is 24.8 Å². The SMILES string of the molecule is CCC(C)c1cc(C(C)CC)c(CBr)c(C(C)CC)c1. The van der Waals surface area contributed by atoms with Gasteiger partial charge in [0, 0.05) is 5.33 Å². The topological polar surface area (TPSA) is 0 Å². The molecule has 0 N–H and O–H groups in total. The summed E-state index contributed by atoms with van der Waals surface area (Å²) in [4.78, 5) is 0. The molecule has 0 aliphatic heterocycles. The summed E-state index contributed by atoms with van der Waals surface area (Å²) in [5.41, 5.74) is 6.21. The normalized spacial score (nSPS) is 15.9. The zero-order valence-corrected chi connectivity index (χ0v) is 15.7. The molecule has 0 amide bonds. The molecule has 0 aliphatic rings. The maximum atomic E-state index is 3.73. The number of hydrogen-bond acceptors (Lipinski definition) is 0. The Hall–Kier alpha value is -0.300. The quantitative estimate of drug-likeness (QED) is 0.464. The first-order chi connectivity index (χ1) is 9.49. The van der Waals surface area contributed by atoms with Gasteiger partial charge in [0.25, 0.3) is 0 Å². The molecule has 1 aromatic carbocycles. The molecule has 0 saturated heterocycles. The van der Waals surface area contributed by atoms with E-state index >= 15 is 0 Å². The lowest BCUT2D eigenvalue weighted by Crippen LogP contribution is -2.07. The highest BCUT2D eigenvalue weighted by Crippen LogP contribution is 2.36. The smallest absolute Gasteiger partial charge is 0.0288 e. The lowest BCUT2D eigenvalue weighted by molar-refractivity contribution is 0.682. The Morgan fingerprint density at radius 3 is 1.50 bits per heavy atom. The van der Waals surface area contributed by atoms with E-state index in [9.17, 15) is 0 Å². The molecule has 3 unspecified atom stereocenters. The van der Waals surface area contributed by atoms with Gasteiger partial charge < -0.3 is 0 Å². The molecule has 0 nitrogen and oxygen atoms in total. The number of benzene rings is 1. The first kappa shape index (κ1) is 17.8. The lowest BCUT2D eigenvalue weighted by atomic mass is 9.82. The molecule has 0 aromatic heterocycles. The summed E-state index contributed by atoms with van der Waals surface area (Å²) in [5, 5.41) is 0.979. The van der Waals surface area contributed by atoms with Crippen molar-refractivity contribution in [1.82, 2.24) is 0 Å². The standard InChI is InChI=1S/C19H31Br/c1-7-13(4)16-10-17(14(5)8-2)19(12-20)18(11-16)15(6)9-3/h10-11,13-15H,7-9,12H2,1-6H3. The largest absolute Gasteiger partial charge is 0.0876 e. The van der Waals surface area contributed by atoms with E-state index in [0.29, 0.717) is 17.8 Å². The van der Waals surface area contributed by atoms with E-state index < -0.39 is 0 Å². The van der Waals surface area contributed by atoms with Crippen LogP contribution < -0.4 is 0 Å². The van der Waals surface area contributed by atoms with Gasteiger partial charge in [-0.1, -0.05) is 69.6 Å². The van der Waals surface area contributed by atoms with Crippen molar-refractivity contribution in [3.63, 3.8) is 0 Å². The average Bonchev–Trinajstić information content (AvgIpc) is 2.50. The zero-order chi connectivity index (χ0) is 15.3. The van der Waals surface area contributed by atoms with E-state index in [1.807, 2.05) is 0 Å². The second-order valence-electron chi connectivity index (χ2n) is 6.24. The van der Waals surface area contributed by atoms with Crippen LogP contribution in [0.25, 0.3) is 0 Å². The highest BCUT2D eigenvalue weighted by atomic mass is 79.9. The van der Waals surface area contributed by atoms with Crippen LogP contribution >= 0.6 is 15.9 Å². The van der Waals surface area contributed by atoms with Crippen LogP contribution in [0.3, 0.4) is 0 Å². The third-order valence-corrected chi connectivity index (χ3v) is 5.50. The van der Waals surface area contributed by atoms with Crippen molar-refractivity contribution in [3.05, 3.63) is 34.4 Å². The molecule has 0 fully saturated rings. The van der Waals surface area contributed by atoms with Crippen molar-refractivity contribution in [1.29, 1.82) is 0 Å². The predicted molar refractivity (Wildman–Crippen MR) is 95.2 cm³/mol. The van der Waals surface area contributed by atoms with E-state index in [-0.39, 0.29) is 0 Å². The van der Waals surface area contributed by atoms with Crippen molar-refractivity contribution < 1.29 is 0 Å². The Kier molecular flexibility index (Phi) is 7.29. The Bertz CT molecular complexity index is 391. The molecular formula is C19H31Br. The van der Waals surface area contributed by atoms with Crippen LogP contribution in [0.2, 0.25) is 0 Å². The van der Waals surface area contributed by atoms with Crippen LogP contribution in [-0.2, 0) is 5.33 Å². The van der Waals surface area contributed by atoms with Crippen molar-refractivity contribution in [3.8, 4) is 0 Å². The molecule has 20 heavy (non-hydrogen) atoms. The van der Waals surface area contributed by atoms with Gasteiger partial charge in [-0.15, -0.1) is 0 Å². The summed E-state index contributed by atoms with van der Waals surface area (Å²) in [6.45, 7) is 14.0. The van der Waals surface area contributed by atoms with Crippen molar-refractivity contribution >= 4 is 15.9 Å². The predicted octanol–water partition coefficient (Wildman–Crippen LogP) is 7.12. The van der Waals surface area contributed by atoms with Gasteiger partial charge in [-0.3, -0.25) is 0 Å². The van der Waals surface area contributed by atoms with Gasteiger partial charge in [-0.05, 0) is 59.3 Å². The molecule has 0 radical (unpaired) electrons. The Morgan fingerprint density at radius 2 is 1.20 bits per heavy atom. The first-order valence-corrected chi connectivity index (χ1v) is 9.34. The third kappa shape index (κ3) is 3.87. The average molecular weight is 339 g/mol. The summed E-state index contributed by atoms with van der Waals surface area (Å²) < 4.78 is 0. The van der Waals surface area contributed by atoms with Gasteiger partial charge in [-0.25, -0.2) is 0 Å². The number of hydrogen-bond donors (Lipinski definition) is 0. The fourth-order valence-corrected chi connectivity index (χ4v) is 3.38. The molecule has 0 spiro atoms. The maximum Gasteiger partial charge on any atom is 0.0288 e. The van der Waals surface area contributed by atoms with Gasteiger partial charge in [0.15, 0.2) is 0 Å². The third-order valence-electron chi connectivity index (χ3n) is 4.94. The monoisotopic (exact) mass is 338 g/mol. The molecule has 114 valence electrons. The van der Waals surface area contributed by atoms with E-state index in [2.05, 4.69) is 69.6 Å². The highest BCUT2D eigenvalue weighted by molar-refractivity contribution is 9.08. The summed E-state index contributed by atoms with van der Waals surface area (Å²) in [6, 6.07) is 4.95. The summed E-state index contributed by atoms with van der Waals surface area (Å²) in [5.74, 6) is 1.95. The van der Waals surface area contributed by atoms with Crippen LogP contribution in [0.1, 0.15) is 101 Å². The van der Waals surface area contributed by atoms with Crippen LogP contribution in [0, 0.1) is 0 Å². The van der Waals surface area contributed by atoms with E-state index in [1.54, 1.807) is 16.7 Å². The van der Waals surface area contributed by atoms with Crippen LogP contribution in [0.5, 0.6) is 0 Å². The zero-order valence-electron chi connectivity index (χ0n) is 14.1. The minimum atomic E-state index is 0.648. The molecule has 0 heterocycles. The Morgan fingerprint density at radius 1 is 0.800 bits per heavy atom. The minimum absolute atomic E-state index is 0.648. The summed E-state index contributed by atoms with van der Waals surface area (Å²) in [6.07, 6.45) is 3.64. The molecule has 0 saturated carbocycles. The maximum absolute atomic E-state index is 3.73. The summed E-state index contributed by atoms with van der Waals surface area (Å²) >= 11 is 3.73. The molecule has 3 atom stereocenters. The molecular weight excluding hydrogens is 308 g/mol. The second-order valence-corrected chi connectivity index (χ2v) is 6.80. The van der Waals surface area contributed by atoms with Gasteiger partial charge in [-0.2, -0.15) is 0 Å². The lowest BCUT2D eigenvalue weighted by Gasteiger charge is -2.24. The van der Waals surface area contributed by atoms with Crippen molar-refractivity contribution in [2.45, 2.75) is 83.9 Å². The van der Waals surface area contributed by atoms with Crippen molar-refractivity contribution in [2.75, 3.05) is 0 Å². The Labute approximate surface area is 134 Å². The molecule has 1 aromatic rings. The van der Waals surface area contributed by atoms with Gasteiger partial charge in [0.1, 0.15) is 0 Å². The molecule has 0 bridgehead atoms. The number of halogens is 1. The van der Waals surface area contributed by atoms with Crippen LogP contribution in [0.4, 0.5) is 0 Å². The number of alkyl halides is 1. The fraction of sp³-hybridized carbons (Fsp3) is 0.684. The molecule has 1 rings (SSSR count).